The first-order chi connectivity index (χ1) is 9.98. The predicted molar refractivity (Wildman–Crippen MR) is 87.3 cm³/mol. The van der Waals surface area contributed by atoms with Gasteiger partial charge in [0.05, 0.1) is 11.6 Å². The van der Waals surface area contributed by atoms with Gasteiger partial charge in [-0.2, -0.15) is 0 Å². The van der Waals surface area contributed by atoms with Crippen LogP contribution in [-0.4, -0.2) is 16.2 Å². The maximum Gasteiger partial charge on any atom is 0.0704 e. The molecule has 1 heterocycles. The zero-order chi connectivity index (χ0) is 15.0. The quantitative estimate of drug-likeness (QED) is 0.891. The van der Waals surface area contributed by atoms with Crippen molar-refractivity contribution >= 4 is 10.9 Å². The van der Waals surface area contributed by atoms with Crippen LogP contribution in [0.15, 0.2) is 36.5 Å². The molecule has 2 nitrogen and oxygen atoms in total. The molecule has 0 aliphatic heterocycles. The average Bonchev–Trinajstić information content (AvgIpc) is 2.46. The second-order valence-corrected chi connectivity index (χ2v) is 7.22. The fraction of sp³-hybridized carbons (Fsp3) is 0.526. The lowest BCUT2D eigenvalue weighted by Gasteiger charge is -2.42. The lowest BCUT2D eigenvalue weighted by Crippen LogP contribution is -2.41. The molecule has 1 fully saturated rings. The number of benzene rings is 1. The van der Waals surface area contributed by atoms with Gasteiger partial charge in [-0.1, -0.05) is 45.4 Å². The molecule has 21 heavy (non-hydrogen) atoms. The zero-order valence-corrected chi connectivity index (χ0v) is 13.2. The lowest BCUT2D eigenvalue weighted by molar-refractivity contribution is 0.0144. The first-order valence-electron chi connectivity index (χ1n) is 8.02. The summed E-state index contributed by atoms with van der Waals surface area (Å²) in [6, 6.07) is 10.6. The fourth-order valence-corrected chi connectivity index (χ4v) is 3.87. The van der Waals surface area contributed by atoms with Crippen molar-refractivity contribution < 1.29 is 5.11 Å². The summed E-state index contributed by atoms with van der Waals surface area (Å²) in [5.74, 6) is 0.972. The van der Waals surface area contributed by atoms with E-state index in [-0.39, 0.29) is 11.5 Å². The van der Waals surface area contributed by atoms with Crippen molar-refractivity contribution in [2.75, 3.05) is 0 Å². The standard InChI is InChI=1S/C19H25NO/c1-13-6-9-16(18(21)11-13)19(2,3)15-8-7-14-5-4-10-20-17(14)12-15/h4-5,7-8,10,12-13,16,18,21H,6,9,11H2,1-3H3. The molecule has 3 rings (SSSR count). The number of rotatable bonds is 2. The molecular weight excluding hydrogens is 258 g/mol. The van der Waals surface area contributed by atoms with Crippen LogP contribution in [0.5, 0.6) is 0 Å². The van der Waals surface area contributed by atoms with Gasteiger partial charge in [-0.25, -0.2) is 0 Å². The summed E-state index contributed by atoms with van der Waals surface area (Å²) in [6.07, 6.45) is 4.91. The Morgan fingerprint density at radius 2 is 2.00 bits per heavy atom. The summed E-state index contributed by atoms with van der Waals surface area (Å²) >= 11 is 0. The summed E-state index contributed by atoms with van der Waals surface area (Å²) in [6.45, 7) is 6.77. The average molecular weight is 283 g/mol. The third-order valence-electron chi connectivity index (χ3n) is 5.36. The first kappa shape index (κ1) is 14.5. The van der Waals surface area contributed by atoms with Gasteiger partial charge in [0.15, 0.2) is 0 Å². The number of aromatic nitrogens is 1. The molecule has 1 aliphatic carbocycles. The molecule has 2 aromatic rings. The number of hydrogen-bond donors (Lipinski definition) is 1. The third kappa shape index (κ3) is 2.69. The van der Waals surface area contributed by atoms with Gasteiger partial charge in [0, 0.05) is 11.6 Å². The van der Waals surface area contributed by atoms with E-state index in [0.29, 0.717) is 11.8 Å². The number of nitrogens with zero attached hydrogens (tertiary/aromatic N) is 1. The number of fused-ring (bicyclic) bond motifs is 1. The Hall–Kier alpha value is -1.41. The van der Waals surface area contributed by atoms with Gasteiger partial charge in [0.25, 0.3) is 0 Å². The smallest absolute Gasteiger partial charge is 0.0704 e. The summed E-state index contributed by atoms with van der Waals surface area (Å²) in [5, 5.41) is 11.7. The van der Waals surface area contributed by atoms with Crippen molar-refractivity contribution in [3.05, 3.63) is 42.1 Å². The van der Waals surface area contributed by atoms with Gasteiger partial charge in [0.2, 0.25) is 0 Å². The minimum atomic E-state index is -0.192. The first-order valence-corrected chi connectivity index (χ1v) is 8.02. The summed E-state index contributed by atoms with van der Waals surface area (Å²) in [4.78, 5) is 4.47. The van der Waals surface area contributed by atoms with E-state index in [0.717, 1.165) is 18.4 Å². The molecule has 0 bridgehead atoms. The van der Waals surface area contributed by atoms with Crippen LogP contribution < -0.4 is 0 Å². The van der Waals surface area contributed by atoms with Crippen molar-refractivity contribution in [2.45, 2.75) is 51.6 Å². The summed E-state index contributed by atoms with van der Waals surface area (Å²) < 4.78 is 0. The van der Waals surface area contributed by atoms with Crippen LogP contribution in [0.25, 0.3) is 10.9 Å². The van der Waals surface area contributed by atoms with E-state index in [9.17, 15) is 5.11 Å². The lowest BCUT2D eigenvalue weighted by atomic mass is 9.64. The molecule has 2 heteroatoms. The van der Waals surface area contributed by atoms with Gasteiger partial charge < -0.3 is 5.11 Å². The van der Waals surface area contributed by atoms with E-state index in [1.54, 1.807) is 0 Å². The molecule has 0 radical (unpaired) electrons. The van der Waals surface area contributed by atoms with Crippen molar-refractivity contribution in [2.24, 2.45) is 11.8 Å². The molecule has 3 unspecified atom stereocenters. The number of aliphatic hydroxyl groups excluding tert-OH is 1. The highest BCUT2D eigenvalue weighted by Gasteiger charge is 2.39. The number of hydrogen-bond acceptors (Lipinski definition) is 2. The normalized spacial score (nSPS) is 27.0. The van der Waals surface area contributed by atoms with Crippen LogP contribution in [0.1, 0.15) is 45.6 Å². The highest BCUT2D eigenvalue weighted by atomic mass is 16.3. The van der Waals surface area contributed by atoms with Crippen LogP contribution in [0.3, 0.4) is 0 Å². The van der Waals surface area contributed by atoms with E-state index in [1.807, 2.05) is 12.3 Å². The van der Waals surface area contributed by atoms with E-state index in [4.69, 9.17) is 0 Å². The van der Waals surface area contributed by atoms with Crippen LogP contribution in [0.4, 0.5) is 0 Å². The molecule has 1 saturated carbocycles. The fourth-order valence-electron chi connectivity index (χ4n) is 3.87. The largest absolute Gasteiger partial charge is 0.393 e. The SMILES string of the molecule is CC1CCC(C(C)(C)c2ccc3cccnc3c2)C(O)C1. The monoisotopic (exact) mass is 283 g/mol. The van der Waals surface area contributed by atoms with E-state index < -0.39 is 0 Å². The third-order valence-corrected chi connectivity index (χ3v) is 5.36. The molecule has 112 valence electrons. The molecule has 0 saturated heterocycles. The van der Waals surface area contributed by atoms with Gasteiger partial charge >= 0.3 is 0 Å². The summed E-state index contributed by atoms with van der Waals surface area (Å²) in [7, 11) is 0. The minimum absolute atomic E-state index is 0.0226. The maximum atomic E-state index is 10.5. The highest BCUT2D eigenvalue weighted by molar-refractivity contribution is 5.79. The van der Waals surface area contributed by atoms with Crippen molar-refractivity contribution in [1.29, 1.82) is 0 Å². The minimum Gasteiger partial charge on any atom is -0.393 e. The molecule has 1 aliphatic rings. The maximum absolute atomic E-state index is 10.5. The Labute approximate surface area is 127 Å². The summed E-state index contributed by atoms with van der Waals surface area (Å²) in [5.41, 5.74) is 2.31. The Balaban J connectivity index is 1.95. The molecule has 1 aromatic carbocycles. The van der Waals surface area contributed by atoms with Gasteiger partial charge in [-0.3, -0.25) is 4.98 Å². The Morgan fingerprint density at radius 3 is 2.76 bits per heavy atom. The Kier molecular flexibility index (Phi) is 3.75. The number of aliphatic hydroxyl groups is 1. The van der Waals surface area contributed by atoms with Crippen molar-refractivity contribution in [3.8, 4) is 0 Å². The highest BCUT2D eigenvalue weighted by Crippen LogP contribution is 2.42. The second kappa shape index (κ2) is 5.42. The molecule has 3 atom stereocenters. The number of pyridine rings is 1. The topological polar surface area (TPSA) is 33.1 Å². The second-order valence-electron chi connectivity index (χ2n) is 7.22. The van der Waals surface area contributed by atoms with E-state index in [2.05, 4.69) is 50.0 Å². The Morgan fingerprint density at radius 1 is 1.19 bits per heavy atom. The van der Waals surface area contributed by atoms with Crippen molar-refractivity contribution in [1.82, 2.24) is 4.98 Å². The molecular formula is C19H25NO. The molecule has 1 N–H and O–H groups in total. The zero-order valence-electron chi connectivity index (χ0n) is 13.2. The molecule has 0 amide bonds. The predicted octanol–water partition coefficient (Wildman–Crippen LogP) is 4.31. The van der Waals surface area contributed by atoms with Gasteiger partial charge in [-0.15, -0.1) is 0 Å². The van der Waals surface area contributed by atoms with Crippen LogP contribution in [0, 0.1) is 11.8 Å². The van der Waals surface area contributed by atoms with Crippen molar-refractivity contribution in [3.63, 3.8) is 0 Å². The molecule has 0 spiro atoms. The van der Waals surface area contributed by atoms with Gasteiger partial charge in [0.1, 0.15) is 0 Å². The van der Waals surface area contributed by atoms with E-state index in [1.165, 1.54) is 17.4 Å². The van der Waals surface area contributed by atoms with Crippen LogP contribution in [0.2, 0.25) is 0 Å². The van der Waals surface area contributed by atoms with Crippen LogP contribution >= 0.6 is 0 Å². The van der Waals surface area contributed by atoms with Gasteiger partial charge in [-0.05, 0) is 47.8 Å². The van der Waals surface area contributed by atoms with E-state index >= 15 is 0 Å². The Bertz CT molecular complexity index is 634. The molecule has 1 aromatic heterocycles. The van der Waals surface area contributed by atoms with Crippen LogP contribution in [-0.2, 0) is 5.41 Å².